The standard InChI is InChI=1S/C24H27N3O4/c1-17(2)16-31-20-11-9-19(10-12-20)24(3)22(29)27(23(30)26-24)15-21(28)25-14-13-18-7-5-4-6-8-18/h4-12H,1,13-16H2,2-3H3,(H,25,28)(H,26,30). The van der Waals surface area contributed by atoms with Gasteiger partial charge in [-0.05, 0) is 49.1 Å². The molecule has 7 heteroatoms. The molecule has 162 valence electrons. The zero-order valence-electron chi connectivity index (χ0n) is 17.8. The van der Waals surface area contributed by atoms with Gasteiger partial charge < -0.3 is 15.4 Å². The first-order chi connectivity index (χ1) is 14.8. The fourth-order valence-corrected chi connectivity index (χ4v) is 3.32. The topological polar surface area (TPSA) is 87.7 Å². The molecular formula is C24H27N3O4. The van der Waals surface area contributed by atoms with Crippen LogP contribution in [-0.4, -0.2) is 42.4 Å². The highest BCUT2D eigenvalue weighted by Crippen LogP contribution is 2.30. The lowest BCUT2D eigenvalue weighted by Gasteiger charge is -2.22. The Morgan fingerprint density at radius 3 is 2.45 bits per heavy atom. The molecule has 1 unspecified atom stereocenters. The lowest BCUT2D eigenvalue weighted by Crippen LogP contribution is -2.43. The highest BCUT2D eigenvalue weighted by atomic mass is 16.5. The number of hydrogen-bond acceptors (Lipinski definition) is 4. The second-order valence-electron chi connectivity index (χ2n) is 7.80. The monoisotopic (exact) mass is 421 g/mol. The molecule has 1 aliphatic heterocycles. The highest BCUT2D eigenvalue weighted by molar-refractivity contribution is 6.09. The molecule has 2 aromatic rings. The predicted molar refractivity (Wildman–Crippen MR) is 118 cm³/mol. The molecule has 31 heavy (non-hydrogen) atoms. The number of imide groups is 1. The second-order valence-corrected chi connectivity index (χ2v) is 7.80. The van der Waals surface area contributed by atoms with Crippen LogP contribution in [0.25, 0.3) is 0 Å². The van der Waals surface area contributed by atoms with Crippen molar-refractivity contribution in [3.8, 4) is 5.75 Å². The van der Waals surface area contributed by atoms with Crippen LogP contribution in [0.15, 0.2) is 66.7 Å². The van der Waals surface area contributed by atoms with Crippen molar-refractivity contribution in [1.29, 1.82) is 0 Å². The van der Waals surface area contributed by atoms with Gasteiger partial charge in [-0.25, -0.2) is 4.79 Å². The summed E-state index contributed by atoms with van der Waals surface area (Å²) in [5.74, 6) is -0.208. The number of benzene rings is 2. The van der Waals surface area contributed by atoms with Crippen molar-refractivity contribution >= 4 is 17.8 Å². The average Bonchev–Trinajstić information content (AvgIpc) is 2.97. The number of carbonyl (C=O) groups excluding carboxylic acids is 3. The summed E-state index contributed by atoms with van der Waals surface area (Å²) < 4.78 is 5.57. The number of urea groups is 1. The van der Waals surface area contributed by atoms with Gasteiger partial charge in [-0.15, -0.1) is 0 Å². The first kappa shape index (κ1) is 22.1. The Bertz CT molecular complexity index is 972. The van der Waals surface area contributed by atoms with Crippen LogP contribution in [0.4, 0.5) is 4.79 Å². The fourth-order valence-electron chi connectivity index (χ4n) is 3.32. The van der Waals surface area contributed by atoms with E-state index in [9.17, 15) is 14.4 Å². The molecule has 1 atom stereocenters. The summed E-state index contributed by atoms with van der Waals surface area (Å²) in [6, 6.07) is 16.1. The van der Waals surface area contributed by atoms with Gasteiger partial charge >= 0.3 is 6.03 Å². The van der Waals surface area contributed by atoms with Crippen molar-refractivity contribution in [3.63, 3.8) is 0 Å². The third-order valence-electron chi connectivity index (χ3n) is 5.07. The second kappa shape index (κ2) is 9.47. The number of rotatable bonds is 9. The number of nitrogens with one attached hydrogen (secondary N) is 2. The summed E-state index contributed by atoms with van der Waals surface area (Å²) in [7, 11) is 0. The van der Waals surface area contributed by atoms with Gasteiger partial charge in [0.05, 0.1) is 0 Å². The van der Waals surface area contributed by atoms with E-state index in [1.54, 1.807) is 31.2 Å². The lowest BCUT2D eigenvalue weighted by molar-refractivity contribution is -0.134. The minimum absolute atomic E-state index is 0.325. The molecule has 0 saturated carbocycles. The van der Waals surface area contributed by atoms with Gasteiger partial charge in [-0.2, -0.15) is 0 Å². The van der Waals surface area contributed by atoms with Gasteiger partial charge in [0, 0.05) is 6.54 Å². The van der Waals surface area contributed by atoms with Crippen LogP contribution in [0.5, 0.6) is 5.75 Å². The molecule has 0 aliphatic carbocycles. The molecule has 0 spiro atoms. The number of nitrogens with zero attached hydrogens (tertiary/aromatic N) is 1. The van der Waals surface area contributed by atoms with Crippen LogP contribution in [0.1, 0.15) is 25.0 Å². The maximum absolute atomic E-state index is 13.0. The van der Waals surface area contributed by atoms with Gasteiger partial charge in [0.15, 0.2) is 0 Å². The smallest absolute Gasteiger partial charge is 0.325 e. The molecule has 0 radical (unpaired) electrons. The summed E-state index contributed by atoms with van der Waals surface area (Å²) in [5.41, 5.74) is 1.36. The van der Waals surface area contributed by atoms with E-state index in [1.807, 2.05) is 37.3 Å². The summed E-state index contributed by atoms with van der Waals surface area (Å²) >= 11 is 0. The van der Waals surface area contributed by atoms with Crippen molar-refractivity contribution < 1.29 is 19.1 Å². The van der Waals surface area contributed by atoms with Crippen LogP contribution in [0, 0.1) is 0 Å². The number of ether oxygens (including phenoxy) is 1. The van der Waals surface area contributed by atoms with E-state index in [4.69, 9.17) is 4.74 Å². The molecule has 0 bridgehead atoms. The van der Waals surface area contributed by atoms with Gasteiger partial charge in [0.2, 0.25) is 5.91 Å². The van der Waals surface area contributed by atoms with E-state index in [1.165, 1.54) is 0 Å². The Labute approximate surface area is 182 Å². The van der Waals surface area contributed by atoms with Crippen LogP contribution >= 0.6 is 0 Å². The van der Waals surface area contributed by atoms with Gasteiger partial charge in [-0.3, -0.25) is 14.5 Å². The van der Waals surface area contributed by atoms with E-state index in [2.05, 4.69) is 17.2 Å². The van der Waals surface area contributed by atoms with Crippen LogP contribution in [-0.2, 0) is 21.5 Å². The van der Waals surface area contributed by atoms with Crippen molar-refractivity contribution in [1.82, 2.24) is 15.5 Å². The predicted octanol–water partition coefficient (Wildman–Crippen LogP) is 2.77. The number of amides is 4. The van der Waals surface area contributed by atoms with Gasteiger partial charge in [0.1, 0.15) is 24.4 Å². The van der Waals surface area contributed by atoms with Gasteiger partial charge in [0.25, 0.3) is 5.91 Å². The quantitative estimate of drug-likeness (QED) is 0.481. The minimum Gasteiger partial charge on any atom is -0.489 e. The molecule has 1 fully saturated rings. The highest BCUT2D eigenvalue weighted by Gasteiger charge is 2.49. The molecule has 1 heterocycles. The van der Waals surface area contributed by atoms with E-state index in [0.29, 0.717) is 30.9 Å². The molecule has 1 saturated heterocycles. The molecule has 0 aromatic heterocycles. The first-order valence-electron chi connectivity index (χ1n) is 10.1. The maximum atomic E-state index is 13.0. The SMILES string of the molecule is C=C(C)COc1ccc(C2(C)NC(=O)N(CC(=O)NCCc3ccccc3)C2=O)cc1. The summed E-state index contributed by atoms with van der Waals surface area (Å²) in [6.07, 6.45) is 0.671. The van der Waals surface area contributed by atoms with E-state index in [0.717, 1.165) is 16.0 Å². The lowest BCUT2D eigenvalue weighted by atomic mass is 9.92. The summed E-state index contributed by atoms with van der Waals surface area (Å²) in [5, 5.41) is 5.47. The average molecular weight is 421 g/mol. The normalized spacial score (nSPS) is 17.9. The summed E-state index contributed by atoms with van der Waals surface area (Å²) in [4.78, 5) is 38.7. The Morgan fingerprint density at radius 1 is 1.13 bits per heavy atom. The van der Waals surface area contributed by atoms with E-state index >= 15 is 0 Å². The van der Waals surface area contributed by atoms with Crippen LogP contribution in [0.2, 0.25) is 0 Å². The van der Waals surface area contributed by atoms with Crippen molar-refractivity contribution in [3.05, 3.63) is 77.9 Å². The Hall–Kier alpha value is -3.61. The largest absolute Gasteiger partial charge is 0.489 e. The Morgan fingerprint density at radius 2 is 1.81 bits per heavy atom. The molecule has 7 nitrogen and oxygen atoms in total. The van der Waals surface area contributed by atoms with Crippen LogP contribution < -0.4 is 15.4 Å². The van der Waals surface area contributed by atoms with Crippen LogP contribution in [0.3, 0.4) is 0 Å². The molecular weight excluding hydrogens is 394 g/mol. The molecule has 4 amide bonds. The third kappa shape index (κ3) is 5.31. The van der Waals surface area contributed by atoms with Crippen molar-refractivity contribution in [2.24, 2.45) is 0 Å². The molecule has 1 aliphatic rings. The maximum Gasteiger partial charge on any atom is 0.325 e. The Balaban J connectivity index is 1.58. The van der Waals surface area contributed by atoms with Crippen molar-refractivity contribution in [2.45, 2.75) is 25.8 Å². The zero-order chi connectivity index (χ0) is 22.4. The molecule has 2 aromatic carbocycles. The minimum atomic E-state index is -1.24. The first-order valence-corrected chi connectivity index (χ1v) is 10.1. The van der Waals surface area contributed by atoms with E-state index < -0.39 is 17.5 Å². The molecule has 3 rings (SSSR count). The van der Waals surface area contributed by atoms with E-state index in [-0.39, 0.29) is 12.5 Å². The van der Waals surface area contributed by atoms with Crippen molar-refractivity contribution in [2.75, 3.05) is 19.7 Å². The molecule has 2 N–H and O–H groups in total. The Kier molecular flexibility index (Phi) is 6.74. The third-order valence-corrected chi connectivity index (χ3v) is 5.07. The van der Waals surface area contributed by atoms with Gasteiger partial charge in [-0.1, -0.05) is 49.0 Å². The summed E-state index contributed by atoms with van der Waals surface area (Å²) in [6.45, 7) is 7.79. The fraction of sp³-hybridized carbons (Fsp3) is 0.292. The number of hydrogen-bond donors (Lipinski definition) is 2. The zero-order valence-corrected chi connectivity index (χ0v) is 17.8. The number of carbonyl (C=O) groups is 3.